The molecule has 5 heteroatoms. The molecule has 3 nitrogen and oxygen atoms in total. The minimum atomic E-state index is 0. The molecule has 0 unspecified atom stereocenters. The number of aromatic nitrogens is 3. The molecule has 10 aromatic rings. The van der Waals surface area contributed by atoms with Gasteiger partial charge in [0.2, 0.25) is 0 Å². The quantitative estimate of drug-likeness (QED) is 0.164. The summed E-state index contributed by atoms with van der Waals surface area (Å²) in [7, 11) is 0. The van der Waals surface area contributed by atoms with Gasteiger partial charge < -0.3 is 14.4 Å². The number of hydrogen-bond acceptors (Lipinski definition) is 3. The molecule has 0 fully saturated rings. The largest absolute Gasteiger partial charge is 0.350 e. The third-order valence-electron chi connectivity index (χ3n) is 8.34. The van der Waals surface area contributed by atoms with Gasteiger partial charge in [-0.25, -0.2) is 0 Å². The van der Waals surface area contributed by atoms with E-state index in [9.17, 15) is 0 Å². The van der Waals surface area contributed by atoms with Gasteiger partial charge in [-0.15, -0.1) is 71.0 Å². The van der Waals surface area contributed by atoms with E-state index in [1.165, 1.54) is 58.3 Å². The Balaban J connectivity index is 0.000000196. The van der Waals surface area contributed by atoms with E-state index >= 15 is 0 Å². The zero-order valence-electron chi connectivity index (χ0n) is 23.9. The number of nitrogens with zero attached hydrogens (tertiary/aromatic N) is 3. The van der Waals surface area contributed by atoms with Crippen molar-refractivity contribution >= 4 is 69.6 Å². The maximum atomic E-state index is 4.53. The first-order valence-corrected chi connectivity index (χ1v) is 15.4. The number of thiophene rings is 1. The molecule has 0 aliphatic rings. The third-order valence-corrected chi connectivity index (χ3v) is 9.47. The van der Waals surface area contributed by atoms with Crippen LogP contribution in [0.15, 0.2) is 140 Å². The zero-order valence-corrected chi connectivity index (χ0v) is 27.1. The van der Waals surface area contributed by atoms with E-state index in [4.69, 9.17) is 0 Å². The van der Waals surface area contributed by atoms with Crippen LogP contribution in [0.25, 0.3) is 80.8 Å². The molecule has 0 saturated carbocycles. The van der Waals surface area contributed by atoms with Crippen LogP contribution in [0.4, 0.5) is 0 Å². The average molecular weight is 770 g/mol. The van der Waals surface area contributed by atoms with Gasteiger partial charge in [-0.1, -0.05) is 66.0 Å². The Kier molecular flexibility index (Phi) is 6.88. The van der Waals surface area contributed by atoms with Crippen LogP contribution in [-0.2, 0) is 20.1 Å². The van der Waals surface area contributed by atoms with Crippen molar-refractivity contribution in [2.24, 2.45) is 0 Å². The van der Waals surface area contributed by atoms with Crippen molar-refractivity contribution in [3.05, 3.63) is 152 Å². The van der Waals surface area contributed by atoms with Crippen LogP contribution in [0.5, 0.6) is 0 Å². The SMILES string of the molecule is [Ir].[c-]1cc2c(cc1-c1ccccn1)c1cccc3c4cc5c(cc4n2c13)sc1ccccc15.[c-]1ccccc1-c1ccccn1. The van der Waals surface area contributed by atoms with Gasteiger partial charge in [0.15, 0.2) is 0 Å². The number of hydrogen-bond donors (Lipinski definition) is 0. The fourth-order valence-corrected chi connectivity index (χ4v) is 7.50. The summed E-state index contributed by atoms with van der Waals surface area (Å²) in [5.41, 5.74) is 7.76. The topological polar surface area (TPSA) is 30.2 Å². The van der Waals surface area contributed by atoms with Gasteiger partial charge in [0.1, 0.15) is 0 Å². The molecule has 5 aromatic carbocycles. The van der Waals surface area contributed by atoms with Crippen LogP contribution in [0, 0.1) is 12.1 Å². The molecule has 45 heavy (non-hydrogen) atoms. The molecule has 0 bridgehead atoms. The standard InChI is InChI=1S/C29H15N2S.C11H8N.Ir/c1-2-10-27-18(6-1)23-15-22-20-8-5-7-19-21-14-17(24-9-3-4-13-30-24)11-12-25(21)31(29(19)20)26(22)16-28(23)32-27;1-2-6-10(7-3-1)11-8-4-5-9-12-11;/h1-10,12-16H;1-6,8-9H;/q2*-1;. The maximum Gasteiger partial charge on any atom is 0.0516 e. The van der Waals surface area contributed by atoms with Gasteiger partial charge in [0, 0.05) is 69.0 Å². The molecule has 0 saturated heterocycles. The van der Waals surface area contributed by atoms with E-state index in [0.717, 1.165) is 22.5 Å². The van der Waals surface area contributed by atoms with Gasteiger partial charge in [-0.3, -0.25) is 0 Å². The molecule has 0 aliphatic carbocycles. The Morgan fingerprint density at radius 2 is 1.20 bits per heavy atom. The van der Waals surface area contributed by atoms with Crippen molar-refractivity contribution in [3.8, 4) is 22.5 Å². The Labute approximate surface area is 277 Å². The smallest absolute Gasteiger partial charge is 0.0516 e. The molecule has 0 N–H and O–H groups in total. The summed E-state index contributed by atoms with van der Waals surface area (Å²) in [5.74, 6) is 0. The van der Waals surface area contributed by atoms with Crippen molar-refractivity contribution in [3.63, 3.8) is 0 Å². The maximum absolute atomic E-state index is 4.53. The van der Waals surface area contributed by atoms with E-state index in [1.807, 2.05) is 78.2 Å². The van der Waals surface area contributed by atoms with Crippen LogP contribution in [0.2, 0.25) is 0 Å². The summed E-state index contributed by atoms with van der Waals surface area (Å²) in [6.07, 6.45) is 3.63. The summed E-state index contributed by atoms with van der Waals surface area (Å²) in [4.78, 5) is 8.75. The summed E-state index contributed by atoms with van der Waals surface area (Å²) in [6, 6.07) is 50.9. The second kappa shape index (κ2) is 11.2. The van der Waals surface area contributed by atoms with Gasteiger partial charge in [0.05, 0.1) is 5.52 Å². The van der Waals surface area contributed by atoms with Crippen molar-refractivity contribution in [2.75, 3.05) is 0 Å². The summed E-state index contributed by atoms with van der Waals surface area (Å²) < 4.78 is 5.11. The normalized spacial score (nSPS) is 11.4. The zero-order chi connectivity index (χ0) is 29.0. The van der Waals surface area contributed by atoms with E-state index < -0.39 is 0 Å². The molecule has 5 aromatic heterocycles. The number of para-hydroxylation sites is 1. The summed E-state index contributed by atoms with van der Waals surface area (Å²) in [5, 5.41) is 7.86. The third kappa shape index (κ3) is 4.51. The minimum absolute atomic E-state index is 0. The van der Waals surface area contributed by atoms with Gasteiger partial charge in [-0.05, 0) is 52.6 Å². The van der Waals surface area contributed by atoms with Crippen LogP contribution < -0.4 is 0 Å². The molecule has 5 heterocycles. The van der Waals surface area contributed by atoms with Crippen LogP contribution in [-0.4, -0.2) is 14.4 Å². The van der Waals surface area contributed by atoms with Gasteiger partial charge >= 0.3 is 0 Å². The van der Waals surface area contributed by atoms with E-state index in [2.05, 4.69) is 93.2 Å². The second-order valence-corrected chi connectivity index (χ2v) is 11.9. The van der Waals surface area contributed by atoms with Crippen molar-refractivity contribution in [1.82, 2.24) is 14.4 Å². The summed E-state index contributed by atoms with van der Waals surface area (Å²) in [6.45, 7) is 0. The van der Waals surface area contributed by atoms with E-state index in [0.29, 0.717) is 0 Å². The number of fused-ring (bicyclic) bond motifs is 9. The predicted octanol–water partition coefficient (Wildman–Crippen LogP) is 10.6. The first-order valence-electron chi connectivity index (χ1n) is 14.6. The van der Waals surface area contributed by atoms with Crippen molar-refractivity contribution in [2.45, 2.75) is 0 Å². The fraction of sp³-hybridized carbons (Fsp3) is 0. The number of benzene rings is 5. The molecular formula is C40H23IrN3S-2. The monoisotopic (exact) mass is 770 g/mol. The summed E-state index contributed by atoms with van der Waals surface area (Å²) >= 11 is 1.87. The van der Waals surface area contributed by atoms with Crippen LogP contribution in [0.3, 0.4) is 0 Å². The average Bonchev–Trinajstić information content (AvgIpc) is 3.75. The Morgan fingerprint density at radius 3 is 1.93 bits per heavy atom. The van der Waals surface area contributed by atoms with Crippen molar-refractivity contribution < 1.29 is 20.1 Å². The number of pyridine rings is 2. The van der Waals surface area contributed by atoms with E-state index in [1.54, 1.807) is 6.20 Å². The van der Waals surface area contributed by atoms with Crippen LogP contribution in [0.1, 0.15) is 0 Å². The van der Waals surface area contributed by atoms with Crippen molar-refractivity contribution in [1.29, 1.82) is 0 Å². The molecule has 0 aliphatic heterocycles. The molecule has 0 spiro atoms. The first kappa shape index (κ1) is 27.6. The second-order valence-electron chi connectivity index (χ2n) is 10.9. The molecular weight excluding hydrogens is 747 g/mol. The fourth-order valence-electron chi connectivity index (χ4n) is 6.38. The Bertz CT molecular complexity index is 2550. The first-order chi connectivity index (χ1) is 21.8. The van der Waals surface area contributed by atoms with Gasteiger partial charge in [-0.2, -0.15) is 0 Å². The van der Waals surface area contributed by atoms with E-state index in [-0.39, 0.29) is 20.1 Å². The molecule has 215 valence electrons. The van der Waals surface area contributed by atoms with Gasteiger partial charge in [0.25, 0.3) is 0 Å². The number of rotatable bonds is 2. The Morgan fingerprint density at radius 1 is 0.511 bits per heavy atom. The van der Waals surface area contributed by atoms with Crippen LogP contribution >= 0.6 is 11.3 Å². The molecule has 10 rings (SSSR count). The molecule has 1 radical (unpaired) electrons. The predicted molar refractivity (Wildman–Crippen MR) is 185 cm³/mol. The minimum Gasteiger partial charge on any atom is -0.350 e. The Hall–Kier alpha value is -4.93. The molecule has 0 amide bonds. The molecule has 0 atom stereocenters.